The van der Waals surface area contributed by atoms with Crippen LogP contribution in [0.25, 0.3) is 0 Å². The molecule has 2 aliphatic rings. The van der Waals surface area contributed by atoms with E-state index in [2.05, 4.69) is 31.4 Å². The molecule has 1 aromatic heterocycles. The highest BCUT2D eigenvalue weighted by Gasteiger charge is 2.46. The summed E-state index contributed by atoms with van der Waals surface area (Å²) in [7, 11) is 0. The molecule has 2 aliphatic heterocycles. The molecule has 1 aromatic carbocycles. The van der Waals surface area contributed by atoms with Crippen LogP contribution in [0.4, 0.5) is 14.9 Å². The van der Waals surface area contributed by atoms with Crippen LogP contribution in [0.3, 0.4) is 0 Å². The molecule has 1 N–H and O–H groups in total. The molecule has 2 fully saturated rings. The number of amides is 2. The molecule has 2 amide bonds. The van der Waals surface area contributed by atoms with E-state index in [1.165, 1.54) is 4.90 Å². The Hall–Kier alpha value is -2.00. The van der Waals surface area contributed by atoms with Crippen LogP contribution in [-0.2, 0) is 10.4 Å². The normalized spacial score (nSPS) is 23.6. The van der Waals surface area contributed by atoms with E-state index in [4.69, 9.17) is 9.26 Å². The van der Waals surface area contributed by atoms with Crippen LogP contribution in [0.5, 0.6) is 0 Å². The number of nitrogens with zero attached hydrogens (tertiary/aromatic N) is 3. The Morgan fingerprint density at radius 3 is 2.78 bits per heavy atom. The highest BCUT2D eigenvalue weighted by atomic mass is 79.9. The SMILES string of the molecule is O=C(Nc1ccc(Br)cc1)N1CCC(F)(c2nc(C3CCOCC3)no2)C1. The molecular formula is C18H20BrFN4O3. The van der Waals surface area contributed by atoms with Crippen molar-refractivity contribution in [2.75, 3.05) is 31.6 Å². The zero-order valence-electron chi connectivity index (χ0n) is 14.7. The van der Waals surface area contributed by atoms with Gasteiger partial charge in [-0.05, 0) is 37.1 Å². The Bertz CT molecular complexity index is 809. The van der Waals surface area contributed by atoms with Crippen molar-refractivity contribution in [2.24, 2.45) is 0 Å². The summed E-state index contributed by atoms with van der Waals surface area (Å²) in [5.41, 5.74) is -1.16. The number of likely N-dealkylation sites (tertiary alicyclic amines) is 1. The van der Waals surface area contributed by atoms with E-state index in [-0.39, 0.29) is 37.4 Å². The van der Waals surface area contributed by atoms with Gasteiger partial charge in [-0.2, -0.15) is 4.98 Å². The van der Waals surface area contributed by atoms with Crippen LogP contribution in [0.15, 0.2) is 33.3 Å². The molecule has 0 aliphatic carbocycles. The monoisotopic (exact) mass is 438 g/mol. The van der Waals surface area contributed by atoms with Gasteiger partial charge in [0.15, 0.2) is 5.82 Å². The zero-order chi connectivity index (χ0) is 18.9. The molecular weight excluding hydrogens is 419 g/mol. The predicted molar refractivity (Wildman–Crippen MR) is 99.2 cm³/mol. The van der Waals surface area contributed by atoms with Gasteiger partial charge in [0.05, 0.1) is 6.54 Å². The maximum atomic E-state index is 15.4. The van der Waals surface area contributed by atoms with Crippen LogP contribution in [0, 0.1) is 0 Å². The molecule has 0 bridgehead atoms. The van der Waals surface area contributed by atoms with Gasteiger partial charge in [0, 0.05) is 42.3 Å². The third-order valence-electron chi connectivity index (χ3n) is 5.01. The van der Waals surface area contributed by atoms with Crippen molar-refractivity contribution in [2.45, 2.75) is 30.8 Å². The number of carbonyl (C=O) groups is 1. The van der Waals surface area contributed by atoms with E-state index in [0.717, 1.165) is 17.3 Å². The quantitative estimate of drug-likeness (QED) is 0.787. The van der Waals surface area contributed by atoms with Gasteiger partial charge in [-0.3, -0.25) is 0 Å². The largest absolute Gasteiger partial charge is 0.381 e. The van der Waals surface area contributed by atoms with Crippen molar-refractivity contribution in [3.63, 3.8) is 0 Å². The lowest BCUT2D eigenvalue weighted by molar-refractivity contribution is 0.0830. The van der Waals surface area contributed by atoms with Gasteiger partial charge in [-0.1, -0.05) is 21.1 Å². The van der Waals surface area contributed by atoms with Gasteiger partial charge in [0.2, 0.25) is 5.67 Å². The lowest BCUT2D eigenvalue weighted by atomic mass is 9.99. The van der Waals surface area contributed by atoms with Crippen LogP contribution >= 0.6 is 15.9 Å². The molecule has 3 heterocycles. The highest BCUT2D eigenvalue weighted by Crippen LogP contribution is 2.36. The number of nitrogens with one attached hydrogen (secondary N) is 1. The number of urea groups is 1. The van der Waals surface area contributed by atoms with Crippen LogP contribution < -0.4 is 5.32 Å². The minimum Gasteiger partial charge on any atom is -0.381 e. The van der Waals surface area contributed by atoms with E-state index in [0.29, 0.717) is 24.7 Å². The number of halogens is 2. The zero-order valence-corrected chi connectivity index (χ0v) is 16.2. The number of rotatable bonds is 3. The summed E-state index contributed by atoms with van der Waals surface area (Å²) >= 11 is 3.35. The average molecular weight is 439 g/mol. The highest BCUT2D eigenvalue weighted by molar-refractivity contribution is 9.10. The summed E-state index contributed by atoms with van der Waals surface area (Å²) in [6, 6.07) is 6.86. The summed E-state index contributed by atoms with van der Waals surface area (Å²) in [5, 5.41) is 6.75. The third-order valence-corrected chi connectivity index (χ3v) is 5.54. The molecule has 27 heavy (non-hydrogen) atoms. The summed E-state index contributed by atoms with van der Waals surface area (Å²) in [6.07, 6.45) is 1.75. The first-order valence-electron chi connectivity index (χ1n) is 8.96. The first-order valence-corrected chi connectivity index (χ1v) is 9.75. The lowest BCUT2D eigenvalue weighted by Crippen LogP contribution is -2.35. The number of anilines is 1. The van der Waals surface area contributed by atoms with Gasteiger partial charge in [-0.25, -0.2) is 9.18 Å². The number of ether oxygens (including phenoxy) is 1. The van der Waals surface area contributed by atoms with Gasteiger partial charge in [-0.15, -0.1) is 0 Å². The minimum atomic E-state index is -1.81. The Morgan fingerprint density at radius 1 is 1.30 bits per heavy atom. The molecule has 9 heteroatoms. The minimum absolute atomic E-state index is 0.0390. The standard InChI is InChI=1S/C18H20BrFN4O3/c19-13-1-3-14(4-2-13)21-17(25)24-8-7-18(20,11-24)16-22-15(23-27-16)12-5-9-26-10-6-12/h1-4,12H,5-11H2,(H,21,25). The molecule has 1 atom stereocenters. The molecule has 1 unspecified atom stereocenters. The second-order valence-corrected chi connectivity index (χ2v) is 7.83. The molecule has 0 spiro atoms. The number of hydrogen-bond donors (Lipinski definition) is 1. The maximum Gasteiger partial charge on any atom is 0.321 e. The second-order valence-electron chi connectivity index (χ2n) is 6.92. The second kappa shape index (κ2) is 7.55. The maximum absolute atomic E-state index is 15.4. The van der Waals surface area contributed by atoms with Crippen molar-refractivity contribution in [3.05, 3.63) is 40.5 Å². The summed E-state index contributed by atoms with van der Waals surface area (Å²) in [6.45, 7) is 1.48. The van der Waals surface area contributed by atoms with Gasteiger partial charge < -0.3 is 19.5 Å². The van der Waals surface area contributed by atoms with Crippen LogP contribution in [0.2, 0.25) is 0 Å². The average Bonchev–Trinajstić information content (AvgIpc) is 3.33. The first-order chi connectivity index (χ1) is 13.0. The number of aromatic nitrogens is 2. The van der Waals surface area contributed by atoms with Crippen molar-refractivity contribution in [1.29, 1.82) is 0 Å². The van der Waals surface area contributed by atoms with E-state index < -0.39 is 5.67 Å². The first kappa shape index (κ1) is 18.4. The number of hydrogen-bond acceptors (Lipinski definition) is 5. The number of carbonyl (C=O) groups excluding carboxylic acids is 1. The Labute approximate surface area is 164 Å². The fourth-order valence-electron chi connectivity index (χ4n) is 3.39. The summed E-state index contributed by atoms with van der Waals surface area (Å²) in [4.78, 5) is 18.2. The van der Waals surface area contributed by atoms with Gasteiger partial charge in [0.1, 0.15) is 0 Å². The third kappa shape index (κ3) is 3.98. The molecule has 7 nitrogen and oxygen atoms in total. The number of alkyl halides is 1. The summed E-state index contributed by atoms with van der Waals surface area (Å²) in [5.74, 6) is 0.629. The van der Waals surface area contributed by atoms with Crippen molar-refractivity contribution < 1.29 is 18.4 Å². The van der Waals surface area contributed by atoms with E-state index in [1.54, 1.807) is 12.1 Å². The molecule has 2 saturated heterocycles. The summed E-state index contributed by atoms with van der Waals surface area (Å²) < 4.78 is 26.8. The fraction of sp³-hybridized carbons (Fsp3) is 0.500. The lowest BCUT2D eigenvalue weighted by Gasteiger charge is -2.19. The van der Waals surface area contributed by atoms with E-state index >= 15 is 4.39 Å². The smallest absolute Gasteiger partial charge is 0.321 e. The van der Waals surface area contributed by atoms with Gasteiger partial charge >= 0.3 is 6.03 Å². The van der Waals surface area contributed by atoms with Crippen LogP contribution in [-0.4, -0.2) is 47.4 Å². The molecule has 2 aromatic rings. The Morgan fingerprint density at radius 2 is 2.04 bits per heavy atom. The topological polar surface area (TPSA) is 80.5 Å². The van der Waals surface area contributed by atoms with Crippen molar-refractivity contribution >= 4 is 27.6 Å². The molecule has 4 rings (SSSR count). The Kier molecular flexibility index (Phi) is 5.14. The Balaban J connectivity index is 1.40. The van der Waals surface area contributed by atoms with Crippen molar-refractivity contribution in [3.8, 4) is 0 Å². The molecule has 0 saturated carbocycles. The van der Waals surface area contributed by atoms with Gasteiger partial charge in [0.25, 0.3) is 5.89 Å². The van der Waals surface area contributed by atoms with Crippen molar-refractivity contribution in [1.82, 2.24) is 15.0 Å². The molecule has 144 valence electrons. The fourth-order valence-corrected chi connectivity index (χ4v) is 3.66. The molecule has 0 radical (unpaired) electrons. The van der Waals surface area contributed by atoms with E-state index in [9.17, 15) is 4.79 Å². The van der Waals surface area contributed by atoms with E-state index in [1.807, 2.05) is 12.1 Å². The number of benzene rings is 1. The van der Waals surface area contributed by atoms with Crippen LogP contribution in [0.1, 0.15) is 36.9 Å². The predicted octanol–water partition coefficient (Wildman–Crippen LogP) is 3.83.